The molecule has 2 aromatic heterocycles. The number of carboxylic acids is 1. The van der Waals surface area contributed by atoms with Gasteiger partial charge in [-0.2, -0.15) is 4.98 Å². The van der Waals surface area contributed by atoms with Gasteiger partial charge in [-0.05, 0) is 48.4 Å². The second-order valence-electron chi connectivity index (χ2n) is 8.36. The fourth-order valence-corrected chi connectivity index (χ4v) is 3.25. The molecule has 0 bridgehead atoms. The lowest BCUT2D eigenvalue weighted by molar-refractivity contribution is -0.137. The molecule has 3 rings (SSSR count). The molecule has 0 aliphatic heterocycles. The van der Waals surface area contributed by atoms with Gasteiger partial charge in [0.2, 0.25) is 12.4 Å². The van der Waals surface area contributed by atoms with Crippen molar-refractivity contribution < 1.29 is 19.5 Å². The monoisotopic (exact) mass is 484 g/mol. The molecule has 11 heteroatoms. The molecule has 2 heterocycles. The summed E-state index contributed by atoms with van der Waals surface area (Å²) in [6, 6.07) is 7.18. The van der Waals surface area contributed by atoms with Crippen molar-refractivity contribution in [2.24, 2.45) is 5.92 Å². The number of anilines is 1. The largest absolute Gasteiger partial charge is 0.481 e. The van der Waals surface area contributed by atoms with Gasteiger partial charge in [-0.25, -0.2) is 0 Å². The minimum atomic E-state index is -0.880. The maximum atomic E-state index is 12.1. The van der Waals surface area contributed by atoms with E-state index in [1.807, 2.05) is 12.1 Å². The molecule has 0 radical (unpaired) electrons. The van der Waals surface area contributed by atoms with Crippen LogP contribution in [-0.4, -0.2) is 51.4 Å². The third-order valence-corrected chi connectivity index (χ3v) is 5.00. The molecule has 11 nitrogen and oxygen atoms in total. The highest BCUT2D eigenvalue weighted by Crippen LogP contribution is 2.16. The number of benzene rings is 1. The van der Waals surface area contributed by atoms with Crippen LogP contribution < -0.4 is 21.9 Å². The lowest BCUT2D eigenvalue weighted by Crippen LogP contribution is -2.24. The Hall–Kier alpha value is -4.15. The van der Waals surface area contributed by atoms with Crippen LogP contribution >= 0.6 is 0 Å². The van der Waals surface area contributed by atoms with Gasteiger partial charge < -0.3 is 26.5 Å². The Morgan fingerprint density at radius 1 is 1.20 bits per heavy atom. The second kappa shape index (κ2) is 13.5. The first-order valence-corrected chi connectivity index (χ1v) is 11.3. The number of carbonyl (C=O) groups excluding carboxylic acids is 2. The van der Waals surface area contributed by atoms with Crippen LogP contribution in [0.5, 0.6) is 0 Å². The number of rotatable bonds is 11. The summed E-state index contributed by atoms with van der Waals surface area (Å²) in [4.78, 5) is 53.7. The quantitative estimate of drug-likeness (QED) is 0.176. The van der Waals surface area contributed by atoms with E-state index in [1.54, 1.807) is 18.3 Å². The first-order chi connectivity index (χ1) is 16.7. The van der Waals surface area contributed by atoms with Crippen LogP contribution in [0.2, 0.25) is 0 Å². The Kier molecular flexibility index (Phi) is 10.5. The van der Waals surface area contributed by atoms with Crippen molar-refractivity contribution in [1.82, 2.24) is 25.6 Å². The van der Waals surface area contributed by atoms with Crippen LogP contribution in [0, 0.1) is 5.92 Å². The number of carbonyl (C=O) groups is 3. The molecule has 0 unspecified atom stereocenters. The fourth-order valence-electron chi connectivity index (χ4n) is 3.25. The highest BCUT2D eigenvalue weighted by Gasteiger charge is 2.11. The molecule has 0 saturated carbocycles. The van der Waals surface area contributed by atoms with E-state index in [2.05, 4.69) is 39.4 Å². The molecular weight excluding hydrogens is 452 g/mol. The Balaban J connectivity index is 0.000000540. The maximum absolute atomic E-state index is 12.1. The molecule has 2 amide bonds. The van der Waals surface area contributed by atoms with Crippen molar-refractivity contribution in [3.05, 3.63) is 57.5 Å². The predicted molar refractivity (Wildman–Crippen MR) is 133 cm³/mol. The van der Waals surface area contributed by atoms with E-state index in [9.17, 15) is 19.2 Å². The second-order valence-corrected chi connectivity index (χ2v) is 8.36. The first kappa shape index (κ1) is 27.1. The smallest absolute Gasteiger partial charge is 0.303 e. The number of aromatic nitrogens is 3. The summed E-state index contributed by atoms with van der Waals surface area (Å²) in [7, 11) is 0. The fraction of sp³-hybridized carbons (Fsp3) is 0.375. The number of amides is 2. The van der Waals surface area contributed by atoms with Crippen molar-refractivity contribution in [2.75, 3.05) is 18.8 Å². The third kappa shape index (κ3) is 8.95. The van der Waals surface area contributed by atoms with Crippen LogP contribution in [0.3, 0.4) is 0 Å². The summed E-state index contributed by atoms with van der Waals surface area (Å²) in [5, 5.41) is 14.4. The van der Waals surface area contributed by atoms with Gasteiger partial charge in [0, 0.05) is 31.3 Å². The number of hydrogen-bond donors (Lipinski definition) is 6. The Morgan fingerprint density at radius 2 is 1.91 bits per heavy atom. The van der Waals surface area contributed by atoms with Crippen molar-refractivity contribution in [2.45, 2.75) is 39.5 Å². The number of nitrogens with zero attached hydrogens (tertiary/aromatic N) is 1. The summed E-state index contributed by atoms with van der Waals surface area (Å²) in [5.74, 6) is -0.480. The number of nitrogens with two attached hydrogens (primary N) is 1. The highest BCUT2D eigenvalue weighted by atomic mass is 16.4. The predicted octanol–water partition coefficient (Wildman–Crippen LogP) is 1.60. The Morgan fingerprint density at radius 3 is 2.51 bits per heavy atom. The molecule has 0 aliphatic carbocycles. The maximum Gasteiger partial charge on any atom is 0.303 e. The van der Waals surface area contributed by atoms with Crippen LogP contribution in [-0.2, 0) is 22.4 Å². The molecule has 35 heavy (non-hydrogen) atoms. The number of aliphatic carboxylic acids is 1. The van der Waals surface area contributed by atoms with Crippen molar-refractivity contribution in [3.63, 3.8) is 0 Å². The number of H-pyrrole nitrogens is 2. The number of fused-ring (bicyclic) bond motifs is 1. The number of nitrogens with one attached hydrogen (secondary N) is 4. The van der Waals surface area contributed by atoms with Crippen LogP contribution in [0.1, 0.15) is 48.2 Å². The third-order valence-electron chi connectivity index (χ3n) is 5.00. The van der Waals surface area contributed by atoms with Gasteiger partial charge >= 0.3 is 5.97 Å². The molecule has 0 saturated heterocycles. The Bertz CT molecular complexity index is 1180. The highest BCUT2D eigenvalue weighted by molar-refractivity contribution is 5.94. The number of aromatic amines is 2. The van der Waals surface area contributed by atoms with E-state index >= 15 is 0 Å². The molecule has 188 valence electrons. The van der Waals surface area contributed by atoms with Gasteiger partial charge in [0.15, 0.2) is 0 Å². The van der Waals surface area contributed by atoms with Gasteiger partial charge in [0.1, 0.15) is 5.65 Å². The van der Waals surface area contributed by atoms with Gasteiger partial charge in [-0.1, -0.05) is 26.0 Å². The standard InChI is InChI=1S/C19H21N5O4.C5H11NO/c20-19-23-16-15(18(28)24-19)13(10-22-16)8-5-11-3-6-12(7-4-11)17(27)21-9-1-2-14(25)26;1-5(2)3-6-4-7/h3-4,6-7,10H,1-2,5,8-9H2,(H,21,27)(H,25,26)(H4,20,22,23,24,28);4-5H,3H2,1-2H3,(H,6,7). The van der Waals surface area contributed by atoms with Crippen LogP contribution in [0.15, 0.2) is 35.3 Å². The average molecular weight is 485 g/mol. The van der Waals surface area contributed by atoms with Crippen LogP contribution in [0.25, 0.3) is 11.0 Å². The molecule has 0 fully saturated rings. The zero-order chi connectivity index (χ0) is 25.8. The number of aryl methyl sites for hydroxylation is 2. The van der Waals surface area contributed by atoms with Gasteiger partial charge in [-0.15, -0.1) is 0 Å². The topological polar surface area (TPSA) is 183 Å². The number of nitrogen functional groups attached to an aromatic ring is 1. The van der Waals surface area contributed by atoms with E-state index in [-0.39, 0.29) is 23.8 Å². The zero-order valence-corrected chi connectivity index (χ0v) is 19.9. The van der Waals surface area contributed by atoms with E-state index in [1.165, 1.54) is 0 Å². The van der Waals surface area contributed by atoms with E-state index in [0.29, 0.717) is 48.3 Å². The van der Waals surface area contributed by atoms with Gasteiger partial charge in [-0.3, -0.25) is 24.2 Å². The van der Waals surface area contributed by atoms with Crippen molar-refractivity contribution in [1.29, 1.82) is 0 Å². The normalized spacial score (nSPS) is 10.5. The van der Waals surface area contributed by atoms with Gasteiger partial charge in [0.25, 0.3) is 11.5 Å². The molecule has 0 aliphatic rings. The summed E-state index contributed by atoms with van der Waals surface area (Å²) in [6.07, 6.45) is 4.22. The molecule has 0 spiro atoms. The first-order valence-electron chi connectivity index (χ1n) is 11.3. The molecule has 7 N–H and O–H groups in total. The number of hydrogen-bond acceptors (Lipinski definition) is 6. The summed E-state index contributed by atoms with van der Waals surface area (Å²) < 4.78 is 0. The molecular formula is C24H32N6O5. The minimum absolute atomic E-state index is 0.0258. The summed E-state index contributed by atoms with van der Waals surface area (Å²) >= 11 is 0. The number of carboxylic acid groups (broad SMARTS) is 1. The van der Waals surface area contributed by atoms with E-state index < -0.39 is 5.97 Å². The van der Waals surface area contributed by atoms with Crippen LogP contribution in [0.4, 0.5) is 5.95 Å². The molecule has 3 aromatic rings. The summed E-state index contributed by atoms with van der Waals surface area (Å²) in [5.41, 5.74) is 8.13. The SMILES string of the molecule is CC(C)CNC=O.Nc1nc2[nH]cc(CCc3ccc(C(=O)NCCCC(=O)O)cc3)c2c(=O)[nH]1. The van der Waals surface area contributed by atoms with Crippen molar-refractivity contribution >= 4 is 35.3 Å². The lowest BCUT2D eigenvalue weighted by Gasteiger charge is -2.06. The van der Waals surface area contributed by atoms with E-state index in [0.717, 1.165) is 24.1 Å². The minimum Gasteiger partial charge on any atom is -0.481 e. The zero-order valence-electron chi connectivity index (χ0n) is 19.9. The lowest BCUT2D eigenvalue weighted by atomic mass is 10.0. The molecule has 1 aromatic carbocycles. The summed E-state index contributed by atoms with van der Waals surface area (Å²) in [6.45, 7) is 5.21. The van der Waals surface area contributed by atoms with E-state index in [4.69, 9.17) is 10.8 Å². The van der Waals surface area contributed by atoms with Gasteiger partial charge in [0.05, 0.1) is 5.39 Å². The average Bonchev–Trinajstić information content (AvgIpc) is 3.22. The molecule has 0 atom stereocenters. The van der Waals surface area contributed by atoms with Crippen molar-refractivity contribution in [3.8, 4) is 0 Å². The Labute approximate surface area is 202 Å².